The van der Waals surface area contributed by atoms with Gasteiger partial charge in [-0.3, -0.25) is 9.67 Å². The van der Waals surface area contributed by atoms with Crippen molar-refractivity contribution in [2.75, 3.05) is 30.7 Å². The zero-order chi connectivity index (χ0) is 38.6. The van der Waals surface area contributed by atoms with Crippen LogP contribution >= 0.6 is 0 Å². The smallest absolute Gasteiger partial charge is 0.407 e. The zero-order valence-corrected chi connectivity index (χ0v) is 33.3. The Kier molecular flexibility index (Phi) is 11.2. The number of fused-ring (bicyclic) bond motifs is 2. The summed E-state index contributed by atoms with van der Waals surface area (Å²) in [7, 11) is -2.69. The highest BCUT2D eigenvalue weighted by atomic mass is 28.4. The van der Waals surface area contributed by atoms with Gasteiger partial charge in [-0.15, -0.1) is 0 Å². The lowest BCUT2D eigenvalue weighted by atomic mass is 9.86. The molecule has 0 aliphatic carbocycles. The highest BCUT2D eigenvalue weighted by molar-refractivity contribution is 6.99. The summed E-state index contributed by atoms with van der Waals surface area (Å²) in [6.45, 7) is 11.2. The highest BCUT2D eigenvalue weighted by Gasteiger charge is 2.50. The minimum atomic E-state index is -2.69. The maximum absolute atomic E-state index is 11.5. The first-order valence-corrected chi connectivity index (χ1v) is 21.3. The molecule has 1 atom stereocenters. The molecular weight excluding hydrogens is 705 g/mol. The number of anilines is 2. The number of likely N-dealkylation sites (tertiary alicyclic amines) is 1. The number of amides is 1. The predicted molar refractivity (Wildman–Crippen MR) is 223 cm³/mol. The minimum absolute atomic E-state index is 0.0680. The summed E-state index contributed by atoms with van der Waals surface area (Å²) in [6.07, 6.45) is 6.98. The first-order chi connectivity index (χ1) is 26.6. The number of nitrogens with zero attached hydrogens (tertiary/aromatic N) is 6. The summed E-state index contributed by atoms with van der Waals surface area (Å²) in [5, 5.41) is 21.5. The Labute approximate surface area is 324 Å². The van der Waals surface area contributed by atoms with Crippen molar-refractivity contribution in [1.82, 2.24) is 29.6 Å². The van der Waals surface area contributed by atoms with Gasteiger partial charge in [0, 0.05) is 37.3 Å². The van der Waals surface area contributed by atoms with Crippen LogP contribution in [0.25, 0.3) is 21.9 Å². The van der Waals surface area contributed by atoms with E-state index < -0.39 is 14.4 Å². The molecule has 3 aromatic carbocycles. The van der Waals surface area contributed by atoms with Gasteiger partial charge >= 0.3 is 6.09 Å². The van der Waals surface area contributed by atoms with Gasteiger partial charge in [-0.05, 0) is 64.2 Å². The minimum Gasteiger partial charge on any atom is -0.465 e. The standard InChI is InChI=1S/C43H52N8O3Si/c1-5-13-32(23-27-54-55(43(2,3)4,33-14-8-6-9-15-33)34-16-10-7-11-17-34)47-40-39-37(48-41(44)49-40)28-46-51(39)29-31-19-20-35(36-18-12-24-45-38(31)36)30-21-25-50(26-22-30)42(52)53/h6-12,14-20,24,28,30,32H,5,13,21-23,25-27,29H2,1-4H3,(H,52,53)(H3,44,47,48,49)/t32-/m0/s1. The van der Waals surface area contributed by atoms with Crippen LogP contribution in [-0.2, 0) is 11.0 Å². The Morgan fingerprint density at radius 3 is 2.29 bits per heavy atom. The Morgan fingerprint density at radius 2 is 1.65 bits per heavy atom. The van der Waals surface area contributed by atoms with Gasteiger partial charge in [-0.1, -0.05) is 113 Å². The molecule has 0 saturated carbocycles. The Morgan fingerprint density at radius 1 is 0.964 bits per heavy atom. The third-order valence-electron chi connectivity index (χ3n) is 11.1. The lowest BCUT2D eigenvalue weighted by Crippen LogP contribution is -2.66. The molecule has 11 nitrogen and oxygen atoms in total. The fraction of sp³-hybridized carbons (Fsp3) is 0.372. The summed E-state index contributed by atoms with van der Waals surface area (Å²) in [5.41, 5.74) is 10.9. The second kappa shape index (κ2) is 16.2. The van der Waals surface area contributed by atoms with Gasteiger partial charge in [0.1, 0.15) is 11.0 Å². The molecule has 1 saturated heterocycles. The van der Waals surface area contributed by atoms with E-state index in [1.807, 2.05) is 16.9 Å². The molecule has 1 aliphatic rings. The van der Waals surface area contributed by atoms with Crippen molar-refractivity contribution in [2.45, 2.75) is 83.3 Å². The number of nitrogens with two attached hydrogens (primary N) is 1. The van der Waals surface area contributed by atoms with E-state index in [4.69, 9.17) is 25.2 Å². The molecule has 1 aliphatic heterocycles. The number of hydrogen-bond donors (Lipinski definition) is 3. The number of aromatic nitrogens is 5. The summed E-state index contributed by atoms with van der Waals surface area (Å²) >= 11 is 0. The molecule has 1 amide bonds. The van der Waals surface area contributed by atoms with E-state index in [2.05, 4.69) is 117 Å². The molecule has 286 valence electrons. The van der Waals surface area contributed by atoms with Crippen molar-refractivity contribution < 1.29 is 14.3 Å². The monoisotopic (exact) mass is 756 g/mol. The lowest BCUT2D eigenvalue weighted by molar-refractivity contribution is 0.132. The second-order valence-corrected chi connectivity index (χ2v) is 20.0. The summed E-state index contributed by atoms with van der Waals surface area (Å²) < 4.78 is 9.22. The van der Waals surface area contributed by atoms with Crippen LogP contribution in [0.2, 0.25) is 5.04 Å². The molecule has 12 heteroatoms. The van der Waals surface area contributed by atoms with Crippen LogP contribution in [0.4, 0.5) is 16.6 Å². The van der Waals surface area contributed by atoms with Crippen molar-refractivity contribution in [3.63, 3.8) is 0 Å². The van der Waals surface area contributed by atoms with Crippen molar-refractivity contribution in [1.29, 1.82) is 0 Å². The molecule has 6 aromatic rings. The van der Waals surface area contributed by atoms with Crippen LogP contribution in [0, 0.1) is 0 Å². The number of piperidine rings is 1. The van der Waals surface area contributed by atoms with Crippen molar-refractivity contribution >= 4 is 58.5 Å². The van der Waals surface area contributed by atoms with E-state index in [0.717, 1.165) is 54.1 Å². The molecule has 0 bridgehead atoms. The van der Waals surface area contributed by atoms with Crippen molar-refractivity contribution in [3.8, 4) is 0 Å². The fourth-order valence-electron chi connectivity index (χ4n) is 8.46. The van der Waals surface area contributed by atoms with E-state index in [0.29, 0.717) is 37.6 Å². The summed E-state index contributed by atoms with van der Waals surface area (Å²) in [4.78, 5) is 27.2. The van der Waals surface area contributed by atoms with Crippen LogP contribution in [-0.4, -0.2) is 74.9 Å². The first kappa shape index (κ1) is 38.0. The van der Waals surface area contributed by atoms with Crippen LogP contribution < -0.4 is 21.4 Å². The number of hydrogen-bond acceptors (Lipinski definition) is 8. The first-order valence-electron chi connectivity index (χ1n) is 19.4. The van der Waals surface area contributed by atoms with Gasteiger partial charge < -0.3 is 25.5 Å². The van der Waals surface area contributed by atoms with Gasteiger partial charge in [-0.2, -0.15) is 10.1 Å². The molecule has 4 heterocycles. The number of carbonyl (C=O) groups is 1. The van der Waals surface area contributed by atoms with E-state index in [9.17, 15) is 9.90 Å². The van der Waals surface area contributed by atoms with Crippen molar-refractivity contribution in [2.24, 2.45) is 0 Å². The Balaban J connectivity index is 1.16. The fourth-order valence-corrected chi connectivity index (χ4v) is 13.0. The number of nitrogen functional groups attached to an aromatic ring is 1. The number of rotatable bonds is 13. The van der Waals surface area contributed by atoms with E-state index >= 15 is 0 Å². The normalized spacial score (nSPS) is 14.7. The van der Waals surface area contributed by atoms with Crippen molar-refractivity contribution in [3.05, 3.63) is 108 Å². The maximum atomic E-state index is 11.5. The van der Waals surface area contributed by atoms with E-state index in [1.165, 1.54) is 20.8 Å². The second-order valence-electron chi connectivity index (χ2n) is 15.7. The average Bonchev–Trinajstić information content (AvgIpc) is 3.59. The van der Waals surface area contributed by atoms with Gasteiger partial charge in [0.05, 0.1) is 18.3 Å². The largest absolute Gasteiger partial charge is 0.465 e. The molecule has 0 radical (unpaired) electrons. The van der Waals surface area contributed by atoms with Crippen LogP contribution in [0.1, 0.15) is 76.8 Å². The molecule has 7 rings (SSSR count). The van der Waals surface area contributed by atoms with Crippen LogP contribution in [0.15, 0.2) is 97.3 Å². The molecule has 0 unspecified atom stereocenters. The van der Waals surface area contributed by atoms with E-state index in [-0.39, 0.29) is 22.9 Å². The molecule has 55 heavy (non-hydrogen) atoms. The predicted octanol–water partition coefficient (Wildman–Crippen LogP) is 7.41. The van der Waals surface area contributed by atoms with Gasteiger partial charge in [0.25, 0.3) is 8.32 Å². The average molecular weight is 757 g/mol. The van der Waals surface area contributed by atoms with Gasteiger partial charge in [0.15, 0.2) is 5.82 Å². The number of nitrogens with one attached hydrogen (secondary N) is 1. The Bertz CT molecular complexity index is 2190. The zero-order valence-electron chi connectivity index (χ0n) is 32.3. The van der Waals surface area contributed by atoms with Crippen LogP contribution in [0.5, 0.6) is 0 Å². The Hall–Kier alpha value is -5.33. The van der Waals surface area contributed by atoms with Gasteiger partial charge in [-0.25, -0.2) is 9.78 Å². The maximum Gasteiger partial charge on any atom is 0.407 e. The number of carboxylic acid groups (broad SMARTS) is 1. The molecular formula is C43H52N8O3Si. The summed E-state index contributed by atoms with van der Waals surface area (Å²) in [5.74, 6) is 1.12. The van der Waals surface area contributed by atoms with Gasteiger partial charge in [0.2, 0.25) is 5.95 Å². The third-order valence-corrected chi connectivity index (χ3v) is 16.1. The summed E-state index contributed by atoms with van der Waals surface area (Å²) in [6, 6.07) is 30.0. The van der Waals surface area contributed by atoms with E-state index in [1.54, 1.807) is 6.20 Å². The molecule has 0 spiro atoms. The highest BCUT2D eigenvalue weighted by Crippen LogP contribution is 2.38. The quantitative estimate of drug-likeness (QED) is 0.103. The molecule has 1 fully saturated rings. The SMILES string of the molecule is CCC[C@@H](CCO[Si](c1ccccc1)(c1ccccc1)C(C)(C)C)Nc1nc(N)nc2cnn(Cc3ccc(C4CCN(C(=O)O)CC4)c4cccnc34)c12. The topological polar surface area (TPSA) is 144 Å². The molecule has 3 aromatic heterocycles. The number of benzene rings is 3. The van der Waals surface area contributed by atoms with Crippen LogP contribution in [0.3, 0.4) is 0 Å². The molecule has 4 N–H and O–H groups in total. The third kappa shape index (κ3) is 7.79. The number of pyridine rings is 1. The lowest BCUT2D eigenvalue weighted by Gasteiger charge is -2.43.